The molecule has 7 aromatic rings. The van der Waals surface area contributed by atoms with Crippen LogP contribution in [0.15, 0.2) is 185 Å². The highest BCUT2D eigenvalue weighted by Crippen LogP contribution is 2.63. The van der Waals surface area contributed by atoms with Crippen molar-refractivity contribution in [2.75, 3.05) is 9.80 Å². The fourth-order valence-corrected chi connectivity index (χ4v) is 18.4. The maximum absolute atomic E-state index is 2.58. The second kappa shape index (κ2) is 13.3. The normalized spacial score (nSPS) is 21.3. The molecular weight excluding hydrogens is 761 g/mol. The van der Waals surface area contributed by atoms with E-state index in [-0.39, 0.29) is 10.8 Å². The van der Waals surface area contributed by atoms with Gasteiger partial charge >= 0.3 is 0 Å². The van der Waals surface area contributed by atoms with Gasteiger partial charge in [0.25, 0.3) is 0 Å². The number of benzene rings is 7. The van der Waals surface area contributed by atoms with Gasteiger partial charge in [0.15, 0.2) is 0 Å². The average Bonchev–Trinajstić information content (AvgIpc) is 3.84. The van der Waals surface area contributed by atoms with Gasteiger partial charge in [0.2, 0.25) is 0 Å². The summed E-state index contributed by atoms with van der Waals surface area (Å²) in [5.74, 6) is 0.307. The van der Waals surface area contributed by atoms with Crippen LogP contribution in [0.4, 0.5) is 28.4 Å². The third-order valence-electron chi connectivity index (χ3n) is 15.1. The van der Waals surface area contributed by atoms with E-state index in [4.69, 9.17) is 0 Å². The van der Waals surface area contributed by atoms with Crippen LogP contribution in [0, 0.1) is 5.41 Å². The van der Waals surface area contributed by atoms with Crippen molar-refractivity contribution in [1.29, 1.82) is 0 Å². The van der Waals surface area contributed by atoms with E-state index in [1.54, 1.807) is 10.4 Å². The molecule has 0 N–H and O–H groups in total. The number of fused-ring (bicyclic) bond motifs is 10. The summed E-state index contributed by atoms with van der Waals surface area (Å²) in [6.45, 7) is 7.40. The summed E-state index contributed by atoms with van der Waals surface area (Å²) in [5.41, 5.74) is 13.0. The van der Waals surface area contributed by atoms with E-state index in [1.165, 1.54) is 102 Å². The van der Waals surface area contributed by atoms with E-state index in [1.807, 2.05) is 11.8 Å². The van der Waals surface area contributed by atoms with Gasteiger partial charge in [-0.2, -0.15) is 0 Å². The van der Waals surface area contributed by atoms with Crippen LogP contribution in [0.1, 0.15) is 61.8 Å². The summed E-state index contributed by atoms with van der Waals surface area (Å²) >= 11 is 1.87. The van der Waals surface area contributed by atoms with Crippen LogP contribution in [0.2, 0.25) is 12.1 Å². The predicted octanol–water partition coefficient (Wildman–Crippen LogP) is 14.3. The van der Waals surface area contributed by atoms with Crippen molar-refractivity contribution in [3.05, 3.63) is 198 Å². The van der Waals surface area contributed by atoms with Crippen molar-refractivity contribution < 1.29 is 0 Å². The minimum absolute atomic E-state index is 0.0915. The summed E-state index contributed by atoms with van der Waals surface area (Å²) in [6, 6.07) is 60.0. The molecule has 7 aromatic carbocycles. The summed E-state index contributed by atoms with van der Waals surface area (Å²) in [6.07, 6.45) is 14.8. The first-order valence-electron chi connectivity index (χ1n) is 21.8. The third kappa shape index (κ3) is 5.07. The highest BCUT2D eigenvalue weighted by atomic mass is 32.2. The van der Waals surface area contributed by atoms with Crippen LogP contribution >= 0.6 is 11.8 Å². The van der Waals surface area contributed by atoms with Gasteiger partial charge in [-0.1, -0.05) is 179 Å². The molecule has 5 aliphatic rings. The Morgan fingerprint density at radius 2 is 1.18 bits per heavy atom. The number of allylic oxidation sites excluding steroid dienone is 3. The molecule has 292 valence electrons. The molecule has 0 aromatic heterocycles. The third-order valence-corrected chi connectivity index (χ3v) is 21.5. The summed E-state index contributed by atoms with van der Waals surface area (Å²) in [5, 5.41) is 5.80. The number of nitrogens with zero attached hydrogens (tertiary/aromatic N) is 2. The van der Waals surface area contributed by atoms with E-state index in [2.05, 4.69) is 213 Å². The van der Waals surface area contributed by atoms with E-state index < -0.39 is 8.07 Å². The number of anilines is 5. The molecule has 0 saturated carbocycles. The maximum atomic E-state index is 2.58. The fourth-order valence-electron chi connectivity index (χ4n) is 11.8. The van der Waals surface area contributed by atoms with Crippen LogP contribution in [0.5, 0.6) is 0 Å². The molecule has 1 spiro atoms. The minimum Gasteiger partial charge on any atom is -0.310 e. The van der Waals surface area contributed by atoms with Crippen LogP contribution in [0.3, 0.4) is 0 Å². The largest absolute Gasteiger partial charge is 0.310 e. The topological polar surface area (TPSA) is 6.48 Å². The van der Waals surface area contributed by atoms with Crippen molar-refractivity contribution >= 4 is 81.6 Å². The maximum Gasteiger partial charge on any atom is 0.123 e. The van der Waals surface area contributed by atoms with E-state index >= 15 is 0 Å². The molecule has 0 amide bonds. The summed E-state index contributed by atoms with van der Waals surface area (Å²) in [7, 11) is -1.80. The predicted molar refractivity (Wildman–Crippen MR) is 258 cm³/mol. The van der Waals surface area contributed by atoms with Crippen molar-refractivity contribution in [2.45, 2.75) is 66.8 Å². The lowest BCUT2D eigenvalue weighted by Crippen LogP contribution is -2.60. The molecule has 4 heteroatoms. The van der Waals surface area contributed by atoms with Gasteiger partial charge in [-0.05, 0) is 104 Å². The average molecular weight is 809 g/mol. The van der Waals surface area contributed by atoms with Crippen molar-refractivity contribution in [2.24, 2.45) is 5.41 Å². The quantitative estimate of drug-likeness (QED) is 0.129. The molecule has 1 fully saturated rings. The monoisotopic (exact) mass is 808 g/mol. The Hall–Kier alpha value is -5.81. The minimum atomic E-state index is -1.80. The van der Waals surface area contributed by atoms with Gasteiger partial charge < -0.3 is 9.80 Å². The number of para-hydroxylation sites is 4. The van der Waals surface area contributed by atoms with Crippen LogP contribution in [-0.2, 0) is 5.41 Å². The van der Waals surface area contributed by atoms with E-state index in [9.17, 15) is 0 Å². The van der Waals surface area contributed by atoms with Crippen molar-refractivity contribution in [3.63, 3.8) is 0 Å². The number of rotatable bonds is 4. The lowest BCUT2D eigenvalue weighted by molar-refractivity contribution is 0.243. The van der Waals surface area contributed by atoms with Crippen LogP contribution in [-0.4, -0.2) is 8.07 Å². The van der Waals surface area contributed by atoms with Crippen LogP contribution < -0.4 is 20.2 Å². The first kappa shape index (κ1) is 36.1. The Balaban J connectivity index is 0.901. The van der Waals surface area contributed by atoms with E-state index in [0.717, 1.165) is 0 Å². The van der Waals surface area contributed by atoms with Gasteiger partial charge in [-0.25, -0.2) is 0 Å². The Morgan fingerprint density at radius 1 is 0.583 bits per heavy atom. The smallest absolute Gasteiger partial charge is 0.123 e. The van der Waals surface area contributed by atoms with Gasteiger partial charge in [-0.3, -0.25) is 0 Å². The Morgan fingerprint density at radius 3 is 1.87 bits per heavy atom. The molecule has 3 heterocycles. The molecule has 2 nitrogen and oxygen atoms in total. The van der Waals surface area contributed by atoms with Gasteiger partial charge in [-0.15, -0.1) is 0 Å². The number of hydrogen-bond acceptors (Lipinski definition) is 3. The zero-order valence-electron chi connectivity index (χ0n) is 34.5. The molecule has 1 saturated heterocycles. The SMILES string of the molecule is CC1(C)c2cc(C=Cc3ccc(N4c5ccccc5[Si]5(CCCC5)c5ccccc54)c4ccccc34)ccc2C2C=CC(N3c4ccccc4Sc4ccccc43)=CC21C. The molecule has 3 aliphatic heterocycles. The molecule has 2 atom stereocenters. The van der Waals surface area contributed by atoms with Gasteiger partial charge in [0.1, 0.15) is 8.07 Å². The highest BCUT2D eigenvalue weighted by molar-refractivity contribution is 7.99. The summed E-state index contributed by atoms with van der Waals surface area (Å²) in [4.78, 5) is 7.66. The first-order chi connectivity index (χ1) is 29.4. The highest BCUT2D eigenvalue weighted by Gasteiger charge is 2.54. The summed E-state index contributed by atoms with van der Waals surface area (Å²) < 4.78 is 0. The second-order valence-electron chi connectivity index (χ2n) is 18.2. The van der Waals surface area contributed by atoms with E-state index in [0.29, 0.717) is 5.92 Å². The lowest BCUT2D eigenvalue weighted by Gasteiger charge is -2.44. The molecule has 12 rings (SSSR count). The number of hydrogen-bond donors (Lipinski definition) is 0. The Labute approximate surface area is 359 Å². The zero-order chi connectivity index (χ0) is 40.2. The Bertz CT molecular complexity index is 2910. The lowest BCUT2D eigenvalue weighted by atomic mass is 9.62. The molecular formula is C56H48N2SSi. The standard InChI is InChI=1S/C56H48N2SSi/c1-55(2)45-36-38(27-31-43(45)44-32-30-40(37-56(44,55)3)57-47-18-6-10-22-51(47)59-52-23-11-7-19-48(52)57)26-28-39-29-33-46(42-17-5-4-16-41(39)42)58-49-20-8-12-24-53(49)60(34-14-15-35-60)54-25-13-9-21-50(54)58/h4-13,16-33,36-37,44H,14-15,34-35H2,1-3H3. The van der Waals surface area contributed by atoms with Crippen LogP contribution in [0.25, 0.3) is 22.9 Å². The fraction of sp³-hybridized carbons (Fsp3) is 0.179. The molecule has 60 heavy (non-hydrogen) atoms. The zero-order valence-corrected chi connectivity index (χ0v) is 36.3. The second-order valence-corrected chi connectivity index (χ2v) is 23.6. The molecule has 2 unspecified atom stereocenters. The van der Waals surface area contributed by atoms with Crippen molar-refractivity contribution in [1.82, 2.24) is 0 Å². The molecule has 0 bridgehead atoms. The van der Waals surface area contributed by atoms with Gasteiger partial charge in [0.05, 0.1) is 17.1 Å². The van der Waals surface area contributed by atoms with Crippen molar-refractivity contribution in [3.8, 4) is 0 Å². The molecule has 2 aliphatic carbocycles. The Kier molecular flexibility index (Phi) is 8.02. The molecule has 0 radical (unpaired) electrons. The van der Waals surface area contributed by atoms with Gasteiger partial charge in [0, 0.05) is 43.6 Å². The first-order valence-corrected chi connectivity index (χ1v) is 25.0.